The molecule has 10 nitrogen and oxygen atoms in total. The van der Waals surface area contributed by atoms with E-state index in [1.54, 1.807) is 65.8 Å². The van der Waals surface area contributed by atoms with Gasteiger partial charge in [0, 0.05) is 18.4 Å². The summed E-state index contributed by atoms with van der Waals surface area (Å²) >= 11 is 0. The van der Waals surface area contributed by atoms with Gasteiger partial charge in [0.05, 0.1) is 0 Å². The van der Waals surface area contributed by atoms with Crippen LogP contribution in [0.1, 0.15) is 41.5 Å². The zero-order valence-corrected chi connectivity index (χ0v) is 17.8. The van der Waals surface area contributed by atoms with E-state index in [0.29, 0.717) is 11.4 Å². The quantitative estimate of drug-likeness (QED) is 0.437. The van der Waals surface area contributed by atoms with Gasteiger partial charge < -0.3 is 25.4 Å². The summed E-state index contributed by atoms with van der Waals surface area (Å²) in [4.78, 5) is 39.4. The minimum Gasteiger partial charge on any atom is -0.444 e. The van der Waals surface area contributed by atoms with Crippen molar-refractivity contribution >= 4 is 35.6 Å². The Bertz CT molecular complexity index is 778. The molecule has 0 fully saturated rings. The van der Waals surface area contributed by atoms with E-state index in [0.717, 1.165) is 0 Å². The van der Waals surface area contributed by atoms with E-state index >= 15 is 0 Å². The zero-order valence-electron chi connectivity index (χ0n) is 17.8. The molecule has 0 aliphatic heterocycles. The highest BCUT2D eigenvalue weighted by Gasteiger charge is 2.20. The van der Waals surface area contributed by atoms with Gasteiger partial charge in [-0.05, 0) is 59.7 Å². The van der Waals surface area contributed by atoms with Crippen LogP contribution in [-0.4, -0.2) is 42.4 Å². The molecule has 0 saturated heterocycles. The van der Waals surface area contributed by atoms with Crippen LogP contribution in [0, 0.1) is 0 Å². The molecule has 0 aromatic heterocycles. The standard InChI is InChI=1S/C19H29N5O5/c1-18(2,3)28-16(26)23-14(24-17(27)29-19(4,5)6)21-12-9-8-10-13(11-12)22-15(25)20-7/h8-11H,1-7H3,(H2,20,22,25)(H2,21,23,24,26,27). The molecule has 0 radical (unpaired) electrons. The average Bonchev–Trinajstić information content (AvgIpc) is 2.51. The summed E-state index contributed by atoms with van der Waals surface area (Å²) in [5, 5.41) is 10.3. The molecule has 10 heteroatoms. The molecule has 0 spiro atoms. The summed E-state index contributed by atoms with van der Waals surface area (Å²) in [7, 11) is 1.49. The molecule has 0 saturated carbocycles. The highest BCUT2D eigenvalue weighted by molar-refractivity contribution is 6.06. The van der Waals surface area contributed by atoms with E-state index in [-0.39, 0.29) is 5.96 Å². The Morgan fingerprint density at radius 1 is 0.897 bits per heavy atom. The third-order valence-corrected chi connectivity index (χ3v) is 2.83. The Morgan fingerprint density at radius 3 is 1.97 bits per heavy atom. The van der Waals surface area contributed by atoms with Crippen LogP contribution in [0.15, 0.2) is 29.3 Å². The van der Waals surface area contributed by atoms with Crippen molar-refractivity contribution in [1.29, 1.82) is 0 Å². The number of guanidine groups is 1. The second kappa shape index (κ2) is 9.76. The smallest absolute Gasteiger partial charge is 0.437 e. The van der Waals surface area contributed by atoms with E-state index in [1.807, 2.05) is 0 Å². The van der Waals surface area contributed by atoms with Gasteiger partial charge in [-0.15, -0.1) is 4.99 Å². The lowest BCUT2D eigenvalue weighted by Gasteiger charge is -2.21. The molecule has 4 N–H and O–H groups in total. The van der Waals surface area contributed by atoms with Crippen LogP contribution < -0.4 is 21.3 Å². The predicted molar refractivity (Wildman–Crippen MR) is 111 cm³/mol. The highest BCUT2D eigenvalue weighted by Crippen LogP contribution is 2.15. The van der Waals surface area contributed by atoms with E-state index < -0.39 is 29.4 Å². The largest absolute Gasteiger partial charge is 0.444 e. The Hall–Kier alpha value is -3.30. The van der Waals surface area contributed by atoms with Gasteiger partial charge in [0.25, 0.3) is 0 Å². The molecule has 160 valence electrons. The molecule has 1 rings (SSSR count). The second-order valence-corrected chi connectivity index (χ2v) is 7.98. The van der Waals surface area contributed by atoms with Gasteiger partial charge in [-0.25, -0.2) is 14.4 Å². The molecule has 0 bridgehead atoms. The fraction of sp³-hybridized carbons (Fsp3) is 0.474. The van der Waals surface area contributed by atoms with Crippen molar-refractivity contribution in [3.05, 3.63) is 24.3 Å². The summed E-state index contributed by atoms with van der Waals surface area (Å²) in [6.45, 7) is 10.2. The molecule has 0 unspecified atom stereocenters. The number of nitrogens with zero attached hydrogens (tertiary/aromatic N) is 1. The number of ether oxygens (including phenoxy) is 2. The number of alkyl carbamates (subject to hydrolysis) is 1. The number of anilines is 2. The lowest BCUT2D eigenvalue weighted by Crippen LogP contribution is -2.40. The van der Waals surface area contributed by atoms with Crippen LogP contribution in [0.2, 0.25) is 0 Å². The van der Waals surface area contributed by atoms with Crippen molar-refractivity contribution in [2.24, 2.45) is 4.99 Å². The van der Waals surface area contributed by atoms with Crippen LogP contribution in [0.3, 0.4) is 0 Å². The number of benzene rings is 1. The lowest BCUT2D eigenvalue weighted by atomic mass is 10.2. The molecular weight excluding hydrogens is 378 g/mol. The molecule has 0 atom stereocenters. The van der Waals surface area contributed by atoms with Gasteiger partial charge in [-0.3, -0.25) is 5.32 Å². The molecule has 0 aliphatic rings. The van der Waals surface area contributed by atoms with Crippen molar-refractivity contribution in [3.63, 3.8) is 0 Å². The van der Waals surface area contributed by atoms with Gasteiger partial charge >= 0.3 is 18.2 Å². The molecule has 0 heterocycles. The third kappa shape index (κ3) is 10.6. The van der Waals surface area contributed by atoms with Crippen LogP contribution in [0.5, 0.6) is 0 Å². The Kier molecular flexibility index (Phi) is 7.99. The topological polar surface area (TPSA) is 130 Å². The Balaban J connectivity index is 3.05. The van der Waals surface area contributed by atoms with Crippen molar-refractivity contribution in [2.45, 2.75) is 52.7 Å². The number of urea groups is 1. The van der Waals surface area contributed by atoms with Gasteiger partial charge in [0.2, 0.25) is 5.96 Å². The number of carbonyl (C=O) groups is 3. The minimum atomic E-state index is -0.893. The molecule has 1 aromatic carbocycles. The van der Waals surface area contributed by atoms with Gasteiger partial charge in [0.15, 0.2) is 0 Å². The van der Waals surface area contributed by atoms with E-state index in [2.05, 4.69) is 26.3 Å². The fourth-order valence-electron chi connectivity index (χ4n) is 1.87. The molecule has 1 aromatic rings. The molecule has 0 aliphatic carbocycles. The predicted octanol–water partition coefficient (Wildman–Crippen LogP) is 3.67. The van der Waals surface area contributed by atoms with Crippen molar-refractivity contribution in [1.82, 2.24) is 10.6 Å². The number of amides is 4. The summed E-state index contributed by atoms with van der Waals surface area (Å²) in [6.07, 6.45) is -1.69. The second-order valence-electron chi connectivity index (χ2n) is 7.98. The van der Waals surface area contributed by atoms with Gasteiger partial charge in [-0.2, -0.15) is 0 Å². The first-order valence-corrected chi connectivity index (χ1v) is 8.95. The first kappa shape index (κ1) is 23.7. The molecular formula is C19H29N5O5. The van der Waals surface area contributed by atoms with Crippen molar-refractivity contribution in [2.75, 3.05) is 17.7 Å². The van der Waals surface area contributed by atoms with E-state index in [9.17, 15) is 14.4 Å². The fourth-order valence-corrected chi connectivity index (χ4v) is 1.87. The highest BCUT2D eigenvalue weighted by atomic mass is 16.6. The first-order valence-electron chi connectivity index (χ1n) is 8.95. The maximum absolute atomic E-state index is 12.1. The number of hydrogen-bond acceptors (Lipinski definition) is 5. The monoisotopic (exact) mass is 407 g/mol. The molecule has 4 amide bonds. The van der Waals surface area contributed by atoms with E-state index in [4.69, 9.17) is 9.47 Å². The third-order valence-electron chi connectivity index (χ3n) is 2.83. The van der Waals surface area contributed by atoms with Gasteiger partial charge in [0.1, 0.15) is 11.2 Å². The normalized spacial score (nSPS) is 11.9. The number of aliphatic imine (C=N–C) groups is 1. The Morgan fingerprint density at radius 2 is 1.45 bits per heavy atom. The summed E-state index contributed by atoms with van der Waals surface area (Å²) in [5.74, 6) is -0.189. The Labute approximate surface area is 170 Å². The summed E-state index contributed by atoms with van der Waals surface area (Å²) < 4.78 is 10.3. The SMILES string of the molecule is CNC(=O)Nc1cccc(N/C(=N/C(=O)OC(C)(C)C)NC(=O)OC(C)(C)C)c1. The maximum Gasteiger partial charge on any atom is 0.437 e. The van der Waals surface area contributed by atoms with Crippen molar-refractivity contribution in [3.8, 4) is 0 Å². The number of rotatable bonds is 2. The first-order chi connectivity index (χ1) is 13.3. The van der Waals surface area contributed by atoms with Crippen molar-refractivity contribution < 1.29 is 23.9 Å². The number of carbonyl (C=O) groups excluding carboxylic acids is 3. The van der Waals surface area contributed by atoms with Crippen LogP contribution in [-0.2, 0) is 9.47 Å². The summed E-state index contributed by atoms with van der Waals surface area (Å²) in [5.41, 5.74) is -0.548. The number of nitrogens with one attached hydrogen (secondary N) is 4. The van der Waals surface area contributed by atoms with Crippen LogP contribution in [0.4, 0.5) is 25.8 Å². The van der Waals surface area contributed by atoms with Crippen LogP contribution in [0.25, 0.3) is 0 Å². The number of hydrogen-bond donors (Lipinski definition) is 4. The van der Waals surface area contributed by atoms with Gasteiger partial charge in [-0.1, -0.05) is 6.07 Å². The molecule has 29 heavy (non-hydrogen) atoms. The average molecular weight is 407 g/mol. The maximum atomic E-state index is 12.1. The lowest BCUT2D eigenvalue weighted by molar-refractivity contribution is 0.0562. The summed E-state index contributed by atoms with van der Waals surface area (Å²) in [6, 6.07) is 6.21. The van der Waals surface area contributed by atoms with E-state index in [1.165, 1.54) is 7.05 Å². The van der Waals surface area contributed by atoms with Crippen LogP contribution >= 0.6 is 0 Å². The zero-order chi connectivity index (χ0) is 22.2. The minimum absolute atomic E-state index is 0.189.